The summed E-state index contributed by atoms with van der Waals surface area (Å²) in [5.41, 5.74) is 0.773. The highest BCUT2D eigenvalue weighted by atomic mass is 16.2. The molecule has 1 rings (SSSR count). The predicted molar refractivity (Wildman–Crippen MR) is 75.9 cm³/mol. The van der Waals surface area contributed by atoms with E-state index in [2.05, 4.69) is 16.0 Å². The average Bonchev–Trinajstić information content (AvgIpc) is 2.42. The normalized spacial score (nSPS) is 9.95. The third kappa shape index (κ3) is 7.21. The van der Waals surface area contributed by atoms with Gasteiger partial charge in [0.25, 0.3) is 0 Å². The van der Waals surface area contributed by atoms with E-state index in [-0.39, 0.29) is 18.4 Å². The van der Waals surface area contributed by atoms with Crippen LogP contribution < -0.4 is 16.0 Å². The zero-order valence-electron chi connectivity index (χ0n) is 11.2. The number of nitrogens with one attached hydrogen (secondary N) is 3. The van der Waals surface area contributed by atoms with Crippen molar-refractivity contribution >= 4 is 17.5 Å². The fourth-order valence-corrected chi connectivity index (χ4v) is 1.48. The van der Waals surface area contributed by atoms with Gasteiger partial charge >= 0.3 is 0 Å². The van der Waals surface area contributed by atoms with E-state index in [1.807, 2.05) is 37.3 Å². The molecular formula is C14H21N3O2. The van der Waals surface area contributed by atoms with Gasteiger partial charge in [0.15, 0.2) is 0 Å². The van der Waals surface area contributed by atoms with Gasteiger partial charge in [-0.15, -0.1) is 0 Å². The second-order valence-electron chi connectivity index (χ2n) is 4.19. The Hall–Kier alpha value is -1.88. The van der Waals surface area contributed by atoms with Crippen molar-refractivity contribution in [1.29, 1.82) is 0 Å². The van der Waals surface area contributed by atoms with Gasteiger partial charge < -0.3 is 16.0 Å². The summed E-state index contributed by atoms with van der Waals surface area (Å²) < 4.78 is 0. The topological polar surface area (TPSA) is 70.2 Å². The van der Waals surface area contributed by atoms with Gasteiger partial charge in [-0.05, 0) is 18.6 Å². The van der Waals surface area contributed by atoms with E-state index in [0.29, 0.717) is 19.5 Å². The van der Waals surface area contributed by atoms with Crippen LogP contribution in [0.4, 0.5) is 5.69 Å². The maximum atomic E-state index is 11.6. The number of rotatable bonds is 8. The molecule has 0 radical (unpaired) electrons. The lowest BCUT2D eigenvalue weighted by atomic mass is 10.3. The molecule has 0 aliphatic rings. The van der Waals surface area contributed by atoms with Crippen LogP contribution in [0, 0.1) is 0 Å². The molecule has 2 amide bonds. The zero-order chi connectivity index (χ0) is 13.9. The lowest BCUT2D eigenvalue weighted by Crippen LogP contribution is -2.32. The van der Waals surface area contributed by atoms with E-state index in [4.69, 9.17) is 0 Å². The minimum Gasteiger partial charge on any atom is -0.356 e. The molecule has 0 unspecified atom stereocenters. The van der Waals surface area contributed by atoms with Crippen LogP contribution in [-0.4, -0.2) is 31.4 Å². The number of para-hydroxylation sites is 1. The lowest BCUT2D eigenvalue weighted by molar-refractivity contribution is -0.121. The molecule has 1 aromatic rings. The highest BCUT2D eigenvalue weighted by Gasteiger charge is 2.03. The van der Waals surface area contributed by atoms with Gasteiger partial charge in [0.1, 0.15) is 0 Å². The Kier molecular flexibility index (Phi) is 7.27. The zero-order valence-corrected chi connectivity index (χ0v) is 11.2. The monoisotopic (exact) mass is 263 g/mol. The maximum absolute atomic E-state index is 11.6. The van der Waals surface area contributed by atoms with Crippen LogP contribution in [0.15, 0.2) is 30.3 Å². The molecule has 0 spiro atoms. The van der Waals surface area contributed by atoms with Crippen molar-refractivity contribution < 1.29 is 9.59 Å². The summed E-state index contributed by atoms with van der Waals surface area (Å²) in [7, 11) is 0. The third-order valence-corrected chi connectivity index (χ3v) is 2.44. The molecule has 0 aliphatic carbocycles. The lowest BCUT2D eigenvalue weighted by Gasteiger charge is -2.07. The summed E-state index contributed by atoms with van der Waals surface area (Å²) in [5, 5.41) is 8.48. The SMILES string of the molecule is CCCNC(=O)CCNCC(=O)Nc1ccccc1. The number of hydrogen-bond donors (Lipinski definition) is 3. The second-order valence-corrected chi connectivity index (χ2v) is 4.19. The third-order valence-electron chi connectivity index (χ3n) is 2.44. The smallest absolute Gasteiger partial charge is 0.238 e. The van der Waals surface area contributed by atoms with Crippen molar-refractivity contribution in [2.45, 2.75) is 19.8 Å². The predicted octanol–water partition coefficient (Wildman–Crippen LogP) is 1.13. The highest BCUT2D eigenvalue weighted by Crippen LogP contribution is 2.03. The molecule has 0 saturated heterocycles. The Morgan fingerprint density at radius 2 is 1.79 bits per heavy atom. The van der Waals surface area contributed by atoms with Gasteiger partial charge in [-0.1, -0.05) is 25.1 Å². The van der Waals surface area contributed by atoms with Crippen molar-refractivity contribution in [3.8, 4) is 0 Å². The van der Waals surface area contributed by atoms with Crippen molar-refractivity contribution in [2.75, 3.05) is 25.0 Å². The standard InChI is InChI=1S/C14H21N3O2/c1-2-9-16-13(18)8-10-15-11-14(19)17-12-6-4-3-5-7-12/h3-7,15H,2,8-11H2,1H3,(H,16,18)(H,17,19). The summed E-state index contributed by atoms with van der Waals surface area (Å²) in [4.78, 5) is 22.8. The fourth-order valence-electron chi connectivity index (χ4n) is 1.48. The molecule has 0 fully saturated rings. The van der Waals surface area contributed by atoms with Crippen molar-refractivity contribution in [3.63, 3.8) is 0 Å². The molecule has 19 heavy (non-hydrogen) atoms. The first kappa shape index (κ1) is 15.2. The van der Waals surface area contributed by atoms with Crippen molar-refractivity contribution in [3.05, 3.63) is 30.3 Å². The summed E-state index contributed by atoms with van der Waals surface area (Å²) in [6, 6.07) is 9.28. The highest BCUT2D eigenvalue weighted by molar-refractivity contribution is 5.92. The van der Waals surface area contributed by atoms with Crippen LogP contribution in [0.3, 0.4) is 0 Å². The van der Waals surface area contributed by atoms with Crippen molar-refractivity contribution in [2.24, 2.45) is 0 Å². The average molecular weight is 263 g/mol. The molecule has 1 aromatic carbocycles. The summed E-state index contributed by atoms with van der Waals surface area (Å²) >= 11 is 0. The molecule has 3 N–H and O–H groups in total. The minimum absolute atomic E-state index is 0.0119. The van der Waals surface area contributed by atoms with E-state index in [1.54, 1.807) is 0 Å². The number of carbonyl (C=O) groups is 2. The molecule has 0 aliphatic heterocycles. The van der Waals surface area contributed by atoms with E-state index in [1.165, 1.54) is 0 Å². The molecule has 0 saturated carbocycles. The van der Waals surface area contributed by atoms with E-state index < -0.39 is 0 Å². The van der Waals surface area contributed by atoms with Crippen LogP contribution >= 0.6 is 0 Å². The Morgan fingerprint density at radius 1 is 1.05 bits per heavy atom. The maximum Gasteiger partial charge on any atom is 0.238 e. The number of carbonyl (C=O) groups excluding carboxylic acids is 2. The van der Waals surface area contributed by atoms with Gasteiger partial charge in [0.2, 0.25) is 11.8 Å². The Morgan fingerprint density at radius 3 is 2.47 bits per heavy atom. The van der Waals surface area contributed by atoms with Crippen LogP contribution in [0.5, 0.6) is 0 Å². The van der Waals surface area contributed by atoms with Crippen LogP contribution in [-0.2, 0) is 9.59 Å². The first-order valence-corrected chi connectivity index (χ1v) is 6.54. The van der Waals surface area contributed by atoms with Gasteiger partial charge in [-0.3, -0.25) is 9.59 Å². The molecule has 5 heteroatoms. The molecule has 0 heterocycles. The van der Waals surface area contributed by atoms with Gasteiger partial charge in [-0.2, -0.15) is 0 Å². The van der Waals surface area contributed by atoms with E-state index >= 15 is 0 Å². The number of benzene rings is 1. The number of amides is 2. The van der Waals surface area contributed by atoms with Gasteiger partial charge in [0, 0.05) is 25.2 Å². The summed E-state index contributed by atoms with van der Waals surface area (Å²) in [5.74, 6) is -0.0991. The Labute approximate surface area is 113 Å². The fraction of sp³-hybridized carbons (Fsp3) is 0.429. The number of anilines is 1. The van der Waals surface area contributed by atoms with E-state index in [0.717, 1.165) is 12.1 Å². The van der Waals surface area contributed by atoms with E-state index in [9.17, 15) is 9.59 Å². The summed E-state index contributed by atoms with van der Waals surface area (Å²) in [6.45, 7) is 3.41. The molecule has 0 aromatic heterocycles. The Bertz CT molecular complexity index is 393. The van der Waals surface area contributed by atoms with Gasteiger partial charge in [0.05, 0.1) is 6.54 Å². The first-order chi connectivity index (χ1) is 9.22. The minimum atomic E-state index is -0.111. The van der Waals surface area contributed by atoms with Crippen LogP contribution in [0.25, 0.3) is 0 Å². The first-order valence-electron chi connectivity index (χ1n) is 6.54. The van der Waals surface area contributed by atoms with Gasteiger partial charge in [-0.25, -0.2) is 0 Å². The van der Waals surface area contributed by atoms with Crippen molar-refractivity contribution in [1.82, 2.24) is 10.6 Å². The molecule has 0 atom stereocenters. The summed E-state index contributed by atoms with van der Waals surface area (Å²) in [6.07, 6.45) is 1.32. The number of hydrogen-bond acceptors (Lipinski definition) is 3. The largest absolute Gasteiger partial charge is 0.356 e. The Balaban J connectivity index is 2.09. The molecular weight excluding hydrogens is 242 g/mol. The second kappa shape index (κ2) is 9.10. The molecule has 5 nitrogen and oxygen atoms in total. The molecule has 0 bridgehead atoms. The quantitative estimate of drug-likeness (QED) is 0.616. The van der Waals surface area contributed by atoms with Crippen LogP contribution in [0.1, 0.15) is 19.8 Å². The molecule has 104 valence electrons. The van der Waals surface area contributed by atoms with Crippen LogP contribution in [0.2, 0.25) is 0 Å².